The van der Waals surface area contributed by atoms with Gasteiger partial charge in [-0.25, -0.2) is 4.68 Å². The Morgan fingerprint density at radius 2 is 1.60 bits per heavy atom. The second kappa shape index (κ2) is 5.81. The van der Waals surface area contributed by atoms with E-state index in [1.807, 2.05) is 10.9 Å². The largest absolute Gasteiger partial charge is 0.396 e. The third-order valence-corrected chi connectivity index (χ3v) is 5.05. The molecular formula is C17H26N6O2. The average Bonchev–Trinajstić information content (AvgIpc) is 2.89. The van der Waals surface area contributed by atoms with Gasteiger partial charge in [0.25, 0.3) is 0 Å². The summed E-state index contributed by atoms with van der Waals surface area (Å²) in [6, 6.07) is 0. The Balaban J connectivity index is 1.75. The lowest BCUT2D eigenvalue weighted by Gasteiger charge is -2.41. The molecule has 0 unspecified atom stereocenters. The predicted molar refractivity (Wildman–Crippen MR) is 95.9 cm³/mol. The quantitative estimate of drug-likeness (QED) is 0.830. The number of hydrogen-bond donors (Lipinski definition) is 2. The van der Waals surface area contributed by atoms with Crippen LogP contribution in [0.1, 0.15) is 20.8 Å². The Kier molecular flexibility index (Phi) is 3.84. The Morgan fingerprint density at radius 3 is 2.16 bits per heavy atom. The standard InChI is InChI=1S/C17H26N6O2/c1-17(2,3)23-15-13(4-18-23)14(21-5-11(6-21)9-24)19-16(20-15)22-7-12(8-22)10-25/h4,11-12,24-25H,5-10H2,1-3H3. The fraction of sp³-hybridized carbons (Fsp3) is 0.706. The number of nitrogens with zero attached hydrogens (tertiary/aromatic N) is 6. The van der Waals surface area contributed by atoms with Crippen LogP contribution in [0, 0.1) is 11.8 Å². The van der Waals surface area contributed by atoms with Crippen LogP contribution in [0.25, 0.3) is 11.0 Å². The number of anilines is 2. The summed E-state index contributed by atoms with van der Waals surface area (Å²) in [5, 5.41) is 24.1. The first-order valence-corrected chi connectivity index (χ1v) is 8.88. The van der Waals surface area contributed by atoms with Crippen LogP contribution < -0.4 is 9.80 Å². The highest BCUT2D eigenvalue weighted by Crippen LogP contribution is 2.34. The van der Waals surface area contributed by atoms with Crippen LogP contribution in [-0.4, -0.2) is 69.4 Å². The summed E-state index contributed by atoms with van der Waals surface area (Å²) in [5.41, 5.74) is 0.669. The first-order valence-electron chi connectivity index (χ1n) is 8.88. The summed E-state index contributed by atoms with van der Waals surface area (Å²) in [6.45, 7) is 9.92. The molecule has 2 N–H and O–H groups in total. The Bertz CT molecular complexity index is 771. The zero-order chi connectivity index (χ0) is 17.8. The summed E-state index contributed by atoms with van der Waals surface area (Å²) in [6.07, 6.45) is 1.85. The lowest BCUT2D eigenvalue weighted by molar-refractivity contribution is 0.198. The average molecular weight is 346 g/mol. The molecule has 0 aliphatic carbocycles. The van der Waals surface area contributed by atoms with Gasteiger partial charge in [-0.05, 0) is 20.8 Å². The molecule has 0 aromatic carbocycles. The van der Waals surface area contributed by atoms with Crippen molar-refractivity contribution in [2.24, 2.45) is 11.8 Å². The van der Waals surface area contributed by atoms with E-state index in [4.69, 9.17) is 9.97 Å². The molecule has 136 valence electrons. The number of rotatable bonds is 4. The van der Waals surface area contributed by atoms with E-state index in [1.165, 1.54) is 0 Å². The van der Waals surface area contributed by atoms with Gasteiger partial charge in [-0.15, -0.1) is 0 Å². The van der Waals surface area contributed by atoms with Gasteiger partial charge in [0, 0.05) is 51.2 Å². The van der Waals surface area contributed by atoms with Crippen molar-refractivity contribution in [1.82, 2.24) is 19.7 Å². The minimum Gasteiger partial charge on any atom is -0.396 e. The molecule has 2 aromatic heterocycles. The molecule has 4 heterocycles. The zero-order valence-electron chi connectivity index (χ0n) is 15.1. The molecule has 25 heavy (non-hydrogen) atoms. The predicted octanol–water partition coefficient (Wildman–Crippen LogP) is 0.438. The SMILES string of the molecule is CC(C)(C)n1ncc2c(N3CC(CO)C3)nc(N3CC(CO)C3)nc21. The van der Waals surface area contributed by atoms with Crippen molar-refractivity contribution in [3.63, 3.8) is 0 Å². The number of fused-ring (bicyclic) bond motifs is 1. The van der Waals surface area contributed by atoms with E-state index in [0.717, 1.165) is 43.0 Å². The minimum absolute atomic E-state index is 0.171. The maximum Gasteiger partial charge on any atom is 0.229 e. The molecule has 2 fully saturated rings. The van der Waals surface area contributed by atoms with E-state index in [0.29, 0.717) is 17.8 Å². The second-order valence-corrected chi connectivity index (χ2v) is 8.22. The third-order valence-electron chi connectivity index (χ3n) is 5.05. The maximum absolute atomic E-state index is 9.31. The van der Waals surface area contributed by atoms with Crippen LogP contribution in [0.3, 0.4) is 0 Å². The van der Waals surface area contributed by atoms with Gasteiger partial charge >= 0.3 is 0 Å². The van der Waals surface area contributed by atoms with E-state index in [-0.39, 0.29) is 18.8 Å². The normalized spacial score (nSPS) is 19.4. The van der Waals surface area contributed by atoms with Crippen molar-refractivity contribution in [1.29, 1.82) is 0 Å². The van der Waals surface area contributed by atoms with E-state index in [2.05, 4.69) is 35.7 Å². The van der Waals surface area contributed by atoms with Crippen molar-refractivity contribution in [3.05, 3.63) is 6.20 Å². The van der Waals surface area contributed by atoms with Gasteiger partial charge < -0.3 is 20.0 Å². The van der Waals surface area contributed by atoms with Crippen molar-refractivity contribution >= 4 is 22.8 Å². The molecule has 0 saturated carbocycles. The lowest BCUT2D eigenvalue weighted by Crippen LogP contribution is -2.50. The monoisotopic (exact) mass is 346 g/mol. The highest BCUT2D eigenvalue weighted by molar-refractivity contribution is 5.88. The van der Waals surface area contributed by atoms with E-state index in [1.54, 1.807) is 0 Å². The van der Waals surface area contributed by atoms with Crippen molar-refractivity contribution in [2.45, 2.75) is 26.3 Å². The third kappa shape index (κ3) is 2.73. The summed E-state index contributed by atoms with van der Waals surface area (Å²) < 4.78 is 1.95. The van der Waals surface area contributed by atoms with Crippen LogP contribution >= 0.6 is 0 Å². The molecule has 0 radical (unpaired) electrons. The van der Waals surface area contributed by atoms with Gasteiger partial charge in [0.2, 0.25) is 5.95 Å². The summed E-state index contributed by atoms with van der Waals surface area (Å²) >= 11 is 0. The van der Waals surface area contributed by atoms with Crippen molar-refractivity contribution in [3.8, 4) is 0 Å². The molecule has 8 nitrogen and oxygen atoms in total. The van der Waals surface area contributed by atoms with Crippen molar-refractivity contribution < 1.29 is 10.2 Å². The van der Waals surface area contributed by atoms with Crippen LogP contribution in [0.5, 0.6) is 0 Å². The highest BCUT2D eigenvalue weighted by Gasteiger charge is 2.33. The fourth-order valence-electron chi connectivity index (χ4n) is 3.46. The van der Waals surface area contributed by atoms with E-state index < -0.39 is 0 Å². The molecule has 0 atom stereocenters. The van der Waals surface area contributed by atoms with Crippen LogP contribution in [-0.2, 0) is 5.54 Å². The zero-order valence-corrected chi connectivity index (χ0v) is 15.1. The first-order chi connectivity index (χ1) is 11.9. The molecule has 0 bridgehead atoms. The minimum atomic E-state index is -0.171. The van der Waals surface area contributed by atoms with Gasteiger partial charge in [0.05, 0.1) is 17.1 Å². The molecular weight excluding hydrogens is 320 g/mol. The summed E-state index contributed by atoms with van der Waals surface area (Å²) in [7, 11) is 0. The number of aromatic nitrogens is 4. The maximum atomic E-state index is 9.31. The summed E-state index contributed by atoms with van der Waals surface area (Å²) in [5.74, 6) is 2.21. The van der Waals surface area contributed by atoms with Gasteiger partial charge in [-0.2, -0.15) is 15.1 Å². The number of aliphatic hydroxyl groups excluding tert-OH is 2. The Labute approximate surface area is 147 Å². The van der Waals surface area contributed by atoms with Crippen molar-refractivity contribution in [2.75, 3.05) is 49.2 Å². The van der Waals surface area contributed by atoms with Gasteiger partial charge in [0.1, 0.15) is 5.82 Å². The van der Waals surface area contributed by atoms with E-state index in [9.17, 15) is 10.2 Å². The van der Waals surface area contributed by atoms with E-state index >= 15 is 0 Å². The van der Waals surface area contributed by atoms with Gasteiger partial charge in [0.15, 0.2) is 5.65 Å². The Morgan fingerprint density at radius 1 is 1.00 bits per heavy atom. The fourth-order valence-corrected chi connectivity index (χ4v) is 3.46. The molecule has 4 rings (SSSR count). The first kappa shape index (κ1) is 16.5. The van der Waals surface area contributed by atoms with Crippen LogP contribution in [0.15, 0.2) is 6.20 Å². The topological polar surface area (TPSA) is 90.5 Å². The molecule has 2 aliphatic rings. The molecule has 8 heteroatoms. The van der Waals surface area contributed by atoms with Gasteiger partial charge in [-0.1, -0.05) is 0 Å². The molecule has 2 aromatic rings. The Hall–Kier alpha value is -1.93. The molecule has 2 aliphatic heterocycles. The van der Waals surface area contributed by atoms with Crippen LogP contribution in [0.2, 0.25) is 0 Å². The molecule has 2 saturated heterocycles. The number of aliphatic hydroxyl groups is 2. The molecule has 0 amide bonds. The number of hydrogen-bond acceptors (Lipinski definition) is 7. The van der Waals surface area contributed by atoms with Gasteiger partial charge in [-0.3, -0.25) is 0 Å². The lowest BCUT2D eigenvalue weighted by atomic mass is 10.0. The highest BCUT2D eigenvalue weighted by atomic mass is 16.3. The second-order valence-electron chi connectivity index (χ2n) is 8.22. The molecule has 0 spiro atoms. The van der Waals surface area contributed by atoms with Crippen LogP contribution in [0.4, 0.5) is 11.8 Å². The smallest absolute Gasteiger partial charge is 0.229 e. The summed E-state index contributed by atoms with van der Waals surface area (Å²) in [4.78, 5) is 13.9.